The summed E-state index contributed by atoms with van der Waals surface area (Å²) >= 11 is 10.6. The molecule has 4 rings (SSSR count). The molecule has 1 aliphatic heterocycles. The lowest BCUT2D eigenvalue weighted by Gasteiger charge is -2.36. The number of hydrogen-bond acceptors (Lipinski definition) is 3. The van der Waals surface area contributed by atoms with Gasteiger partial charge in [0.15, 0.2) is 0 Å². The van der Waals surface area contributed by atoms with E-state index in [4.69, 9.17) is 4.74 Å². The van der Waals surface area contributed by atoms with Gasteiger partial charge in [0.2, 0.25) is 0 Å². The molecule has 0 aliphatic carbocycles. The van der Waals surface area contributed by atoms with Gasteiger partial charge in [0.25, 0.3) is 0 Å². The normalized spacial score (nSPS) is 15.3. The van der Waals surface area contributed by atoms with Crippen LogP contribution in [0.2, 0.25) is 0 Å². The van der Waals surface area contributed by atoms with Crippen molar-refractivity contribution < 1.29 is 4.74 Å². The van der Waals surface area contributed by atoms with Crippen molar-refractivity contribution >= 4 is 64.4 Å². The first kappa shape index (κ1) is 20.3. The van der Waals surface area contributed by atoms with Crippen LogP contribution in [0, 0.1) is 0 Å². The molecule has 3 aromatic rings. The molecule has 0 unspecified atom stereocenters. The van der Waals surface area contributed by atoms with E-state index >= 15 is 0 Å². The monoisotopic (exact) mass is 569 g/mol. The second-order valence-electron chi connectivity index (χ2n) is 6.95. The molecule has 1 saturated heterocycles. The maximum atomic E-state index is 5.99. The smallest absolute Gasteiger partial charge is 0.147 e. The van der Waals surface area contributed by atoms with Crippen LogP contribution in [0.3, 0.4) is 0 Å². The van der Waals surface area contributed by atoms with E-state index in [1.165, 1.54) is 16.6 Å². The first-order valence-corrected chi connectivity index (χ1v) is 11.8. The third kappa shape index (κ3) is 4.58. The number of aromatic amines is 1. The minimum atomic E-state index is 0.710. The number of piperazine rings is 1. The quantitative estimate of drug-likeness (QED) is 0.366. The maximum Gasteiger partial charge on any atom is 0.147 e. The van der Waals surface area contributed by atoms with Gasteiger partial charge in [-0.2, -0.15) is 0 Å². The van der Waals surface area contributed by atoms with Gasteiger partial charge in [-0.1, -0.05) is 22.0 Å². The zero-order valence-corrected chi connectivity index (χ0v) is 20.2. The predicted molar refractivity (Wildman–Crippen MR) is 127 cm³/mol. The summed E-state index contributed by atoms with van der Waals surface area (Å²) in [6.45, 7) is 6.08. The second-order valence-corrected chi connectivity index (χ2v) is 9.57. The van der Waals surface area contributed by atoms with E-state index in [9.17, 15) is 0 Å². The fraction of sp³-hybridized carbons (Fsp3) is 0.333. The van der Waals surface area contributed by atoms with E-state index in [1.807, 2.05) is 18.3 Å². The van der Waals surface area contributed by atoms with Crippen LogP contribution in [0.4, 0.5) is 5.69 Å². The average Bonchev–Trinajstić information content (AvgIpc) is 3.16. The lowest BCUT2D eigenvalue weighted by atomic mass is 10.1. The van der Waals surface area contributed by atoms with Crippen molar-refractivity contribution in [3.8, 4) is 5.75 Å². The van der Waals surface area contributed by atoms with Gasteiger partial charge in [-0.15, -0.1) is 0 Å². The summed E-state index contributed by atoms with van der Waals surface area (Å²) in [7, 11) is 0. The minimum Gasteiger partial charge on any atom is -0.491 e. The highest BCUT2D eigenvalue weighted by molar-refractivity contribution is 9.11. The molecule has 0 amide bonds. The number of rotatable bonds is 6. The zero-order valence-electron chi connectivity index (χ0n) is 15.4. The Hall–Kier alpha value is -1.02. The van der Waals surface area contributed by atoms with Crippen LogP contribution in [0.5, 0.6) is 5.75 Å². The van der Waals surface area contributed by atoms with Gasteiger partial charge in [-0.05, 0) is 68.6 Å². The van der Waals surface area contributed by atoms with E-state index in [2.05, 4.69) is 86.8 Å². The van der Waals surface area contributed by atoms with Crippen LogP contribution in [0.25, 0.3) is 10.9 Å². The number of anilines is 1. The van der Waals surface area contributed by atoms with Crippen molar-refractivity contribution in [1.29, 1.82) is 0 Å². The van der Waals surface area contributed by atoms with Gasteiger partial charge in [-0.25, -0.2) is 0 Å². The standard InChI is InChI=1S/C21H22Br3N3O/c22-15-13-17(23)21(18(24)14-15)28-12-2-7-26-8-10-27(11-9-26)20-4-1-3-19-16(20)5-6-25-19/h1,3-6,13-14,25H,2,7-12H2. The molecule has 1 aromatic heterocycles. The summed E-state index contributed by atoms with van der Waals surface area (Å²) in [5.74, 6) is 0.868. The summed E-state index contributed by atoms with van der Waals surface area (Å²) in [5.41, 5.74) is 2.55. The van der Waals surface area contributed by atoms with Crippen LogP contribution in [-0.2, 0) is 0 Å². The van der Waals surface area contributed by atoms with Crippen molar-refractivity contribution in [2.45, 2.75) is 6.42 Å². The van der Waals surface area contributed by atoms with Gasteiger partial charge in [0.1, 0.15) is 5.75 Å². The van der Waals surface area contributed by atoms with Crippen molar-refractivity contribution in [2.75, 3.05) is 44.2 Å². The Balaban J connectivity index is 1.25. The molecular formula is C21H22Br3N3O. The Morgan fingerprint density at radius 2 is 1.71 bits per heavy atom. The third-order valence-corrected chi connectivity index (χ3v) is 6.75. The summed E-state index contributed by atoms with van der Waals surface area (Å²) in [5, 5.41) is 1.31. The molecule has 0 radical (unpaired) electrons. The fourth-order valence-corrected chi connectivity index (χ4v) is 6.17. The molecule has 4 nitrogen and oxygen atoms in total. The SMILES string of the molecule is Brc1cc(Br)c(OCCCN2CCN(c3cccc4[nH]ccc34)CC2)c(Br)c1. The number of nitrogens with zero attached hydrogens (tertiary/aromatic N) is 2. The number of hydrogen-bond donors (Lipinski definition) is 1. The van der Waals surface area contributed by atoms with Crippen molar-refractivity contribution in [2.24, 2.45) is 0 Å². The van der Waals surface area contributed by atoms with E-state index < -0.39 is 0 Å². The van der Waals surface area contributed by atoms with Gasteiger partial charge >= 0.3 is 0 Å². The van der Waals surface area contributed by atoms with Crippen LogP contribution < -0.4 is 9.64 Å². The van der Waals surface area contributed by atoms with Crippen molar-refractivity contribution in [3.63, 3.8) is 0 Å². The molecule has 148 valence electrons. The van der Waals surface area contributed by atoms with Crippen molar-refractivity contribution in [1.82, 2.24) is 9.88 Å². The summed E-state index contributed by atoms with van der Waals surface area (Å²) < 4.78 is 8.93. The van der Waals surface area contributed by atoms with Gasteiger partial charge < -0.3 is 14.6 Å². The second kappa shape index (κ2) is 9.20. The number of aromatic nitrogens is 1. The molecule has 1 aliphatic rings. The van der Waals surface area contributed by atoms with Crippen LogP contribution in [0.1, 0.15) is 6.42 Å². The van der Waals surface area contributed by atoms with Crippen LogP contribution in [-0.4, -0.2) is 49.2 Å². The average molecular weight is 572 g/mol. The molecule has 2 aromatic carbocycles. The summed E-state index contributed by atoms with van der Waals surface area (Å²) in [6, 6.07) is 12.7. The summed E-state index contributed by atoms with van der Waals surface area (Å²) in [6.07, 6.45) is 3.04. The van der Waals surface area contributed by atoms with Gasteiger partial charge in [0.05, 0.1) is 15.6 Å². The Morgan fingerprint density at radius 3 is 2.46 bits per heavy atom. The molecule has 0 spiro atoms. The minimum absolute atomic E-state index is 0.710. The molecule has 2 heterocycles. The molecule has 1 N–H and O–H groups in total. The Morgan fingerprint density at radius 1 is 0.964 bits per heavy atom. The number of fused-ring (bicyclic) bond motifs is 1. The van der Waals surface area contributed by atoms with Crippen LogP contribution in [0.15, 0.2) is 56.0 Å². The van der Waals surface area contributed by atoms with Crippen LogP contribution >= 0.6 is 47.8 Å². The third-order valence-electron chi connectivity index (χ3n) is 5.11. The summed E-state index contributed by atoms with van der Waals surface area (Å²) in [4.78, 5) is 8.34. The molecule has 7 heteroatoms. The first-order valence-electron chi connectivity index (χ1n) is 9.42. The van der Waals surface area contributed by atoms with E-state index in [0.717, 1.165) is 58.3 Å². The number of halogens is 3. The Labute approximate surface area is 190 Å². The lowest BCUT2D eigenvalue weighted by molar-refractivity contribution is 0.224. The molecule has 1 fully saturated rings. The highest BCUT2D eigenvalue weighted by Crippen LogP contribution is 2.36. The molecule has 0 saturated carbocycles. The van der Waals surface area contributed by atoms with Gasteiger partial charge in [0, 0.05) is 60.0 Å². The predicted octanol–water partition coefficient (Wildman–Crippen LogP) is 6.05. The number of nitrogens with one attached hydrogen (secondary N) is 1. The molecule has 0 bridgehead atoms. The highest BCUT2D eigenvalue weighted by Gasteiger charge is 2.18. The molecular weight excluding hydrogens is 550 g/mol. The fourth-order valence-electron chi connectivity index (χ4n) is 3.69. The zero-order chi connectivity index (χ0) is 19.5. The largest absolute Gasteiger partial charge is 0.491 e. The number of ether oxygens (including phenoxy) is 1. The van der Waals surface area contributed by atoms with E-state index in [0.29, 0.717) is 6.61 Å². The molecule has 0 atom stereocenters. The molecule has 28 heavy (non-hydrogen) atoms. The number of H-pyrrole nitrogens is 1. The van der Waals surface area contributed by atoms with E-state index in [1.54, 1.807) is 0 Å². The Bertz CT molecular complexity index is 928. The topological polar surface area (TPSA) is 31.5 Å². The lowest BCUT2D eigenvalue weighted by Crippen LogP contribution is -2.46. The number of benzene rings is 2. The van der Waals surface area contributed by atoms with Gasteiger partial charge in [-0.3, -0.25) is 4.90 Å². The first-order chi connectivity index (χ1) is 13.6. The van der Waals surface area contributed by atoms with E-state index in [-0.39, 0.29) is 0 Å². The highest BCUT2D eigenvalue weighted by atomic mass is 79.9. The Kier molecular flexibility index (Phi) is 6.66. The van der Waals surface area contributed by atoms with Crippen molar-refractivity contribution in [3.05, 3.63) is 56.0 Å². The maximum absolute atomic E-state index is 5.99.